The lowest BCUT2D eigenvalue weighted by molar-refractivity contribution is -0.144. The Hall–Kier alpha value is -2.38. The highest BCUT2D eigenvalue weighted by Gasteiger charge is 2.31. The van der Waals surface area contributed by atoms with E-state index in [-0.39, 0.29) is 24.3 Å². The van der Waals surface area contributed by atoms with E-state index in [2.05, 4.69) is 15.1 Å². The van der Waals surface area contributed by atoms with Gasteiger partial charge in [0.25, 0.3) is 0 Å². The number of amides is 2. The molecule has 2 fully saturated rings. The fourth-order valence-corrected chi connectivity index (χ4v) is 4.55. The van der Waals surface area contributed by atoms with Gasteiger partial charge in [0.1, 0.15) is 0 Å². The molecular formula is C23H27Cl2N5O2. The molecule has 4 rings (SSSR count). The lowest BCUT2D eigenvalue weighted by atomic mass is 9.84. The van der Waals surface area contributed by atoms with Gasteiger partial charge < -0.3 is 14.7 Å². The molecule has 0 atom stereocenters. The third-order valence-electron chi connectivity index (χ3n) is 6.29. The largest absolute Gasteiger partial charge is 0.352 e. The lowest BCUT2D eigenvalue weighted by Crippen LogP contribution is -2.52. The first kappa shape index (κ1) is 22.8. The molecule has 2 aromatic rings. The van der Waals surface area contributed by atoms with E-state index < -0.39 is 0 Å². The molecule has 0 radical (unpaired) electrons. The van der Waals surface area contributed by atoms with Crippen LogP contribution >= 0.6 is 23.2 Å². The molecule has 0 unspecified atom stereocenters. The van der Waals surface area contributed by atoms with Gasteiger partial charge in [0, 0.05) is 49.2 Å². The molecule has 2 heterocycles. The number of halogens is 2. The number of hydrogen-bond acceptors (Lipinski definition) is 5. The molecular weight excluding hydrogens is 449 g/mol. The average Bonchev–Trinajstić information content (AvgIpc) is 2.76. The van der Waals surface area contributed by atoms with E-state index in [1.165, 1.54) is 0 Å². The number of likely N-dealkylation sites (N-methyl/N-ethyl adjacent to an activating group) is 1. The van der Waals surface area contributed by atoms with Crippen molar-refractivity contribution in [1.29, 1.82) is 0 Å². The number of benzene rings is 1. The number of nitrogens with zero attached hydrogens (tertiary/aromatic N) is 5. The predicted octanol–water partition coefficient (Wildman–Crippen LogP) is 3.75. The number of hydrogen-bond donors (Lipinski definition) is 0. The highest BCUT2D eigenvalue weighted by Crippen LogP contribution is 2.30. The van der Waals surface area contributed by atoms with Crippen molar-refractivity contribution in [2.24, 2.45) is 5.92 Å². The van der Waals surface area contributed by atoms with Gasteiger partial charge in [0.2, 0.25) is 11.8 Å². The van der Waals surface area contributed by atoms with Crippen molar-refractivity contribution in [3.05, 3.63) is 40.4 Å². The molecule has 1 aromatic heterocycles. The monoisotopic (exact) mass is 475 g/mol. The fourth-order valence-electron chi connectivity index (χ4n) is 4.04. The van der Waals surface area contributed by atoms with Crippen molar-refractivity contribution in [3.8, 4) is 11.3 Å². The molecule has 1 aromatic carbocycles. The molecule has 0 N–H and O–H groups in total. The second kappa shape index (κ2) is 10.0. The lowest BCUT2D eigenvalue weighted by Gasteiger charge is -2.37. The van der Waals surface area contributed by atoms with E-state index in [0.717, 1.165) is 30.6 Å². The van der Waals surface area contributed by atoms with Crippen LogP contribution in [0.1, 0.15) is 26.2 Å². The Morgan fingerprint density at radius 3 is 2.38 bits per heavy atom. The molecule has 1 aliphatic carbocycles. The van der Waals surface area contributed by atoms with Crippen LogP contribution in [0.3, 0.4) is 0 Å². The van der Waals surface area contributed by atoms with Gasteiger partial charge >= 0.3 is 0 Å². The summed E-state index contributed by atoms with van der Waals surface area (Å²) in [5.74, 6) is 1.02. The third kappa shape index (κ3) is 4.99. The van der Waals surface area contributed by atoms with Gasteiger partial charge in [-0.05, 0) is 50.1 Å². The minimum atomic E-state index is 0.0120. The van der Waals surface area contributed by atoms with E-state index in [0.29, 0.717) is 48.5 Å². The second-order valence-electron chi connectivity index (χ2n) is 8.25. The first-order chi connectivity index (χ1) is 15.5. The number of rotatable bonds is 6. The van der Waals surface area contributed by atoms with Crippen molar-refractivity contribution in [1.82, 2.24) is 20.0 Å². The molecule has 2 amide bonds. The number of anilines is 1. The van der Waals surface area contributed by atoms with E-state index in [9.17, 15) is 9.59 Å². The number of carbonyl (C=O) groups excluding carboxylic acids is 2. The summed E-state index contributed by atoms with van der Waals surface area (Å²) >= 11 is 12.2. The van der Waals surface area contributed by atoms with Crippen LogP contribution in [0.4, 0.5) is 5.82 Å². The summed E-state index contributed by atoms with van der Waals surface area (Å²) in [6.07, 6.45) is 3.01. The van der Waals surface area contributed by atoms with Crippen LogP contribution in [0.15, 0.2) is 30.3 Å². The molecule has 170 valence electrons. The summed E-state index contributed by atoms with van der Waals surface area (Å²) in [5, 5.41) is 9.79. The molecule has 9 heteroatoms. The van der Waals surface area contributed by atoms with Crippen LogP contribution < -0.4 is 4.90 Å². The number of piperazine rings is 1. The summed E-state index contributed by atoms with van der Waals surface area (Å²) < 4.78 is 0. The maximum Gasteiger partial charge on any atom is 0.242 e. The summed E-state index contributed by atoms with van der Waals surface area (Å²) in [5.41, 5.74) is 1.46. The van der Waals surface area contributed by atoms with Crippen molar-refractivity contribution >= 4 is 40.8 Å². The second-order valence-corrected chi connectivity index (χ2v) is 9.09. The third-order valence-corrected chi connectivity index (χ3v) is 6.84. The Balaban J connectivity index is 1.32. The van der Waals surface area contributed by atoms with Gasteiger partial charge in [-0.15, -0.1) is 10.2 Å². The maximum absolute atomic E-state index is 12.8. The van der Waals surface area contributed by atoms with Gasteiger partial charge in [-0.3, -0.25) is 9.59 Å². The molecule has 1 saturated carbocycles. The minimum absolute atomic E-state index is 0.0120. The van der Waals surface area contributed by atoms with E-state index in [4.69, 9.17) is 23.2 Å². The SMILES string of the molecule is CCN(CC(=O)N1CCN(c2ccc(-c3ccc(Cl)cc3Cl)nn2)CC1)C(=O)C1CCC1. The van der Waals surface area contributed by atoms with Crippen molar-refractivity contribution in [2.45, 2.75) is 26.2 Å². The summed E-state index contributed by atoms with van der Waals surface area (Å²) in [6, 6.07) is 9.09. The molecule has 0 bridgehead atoms. The molecule has 7 nitrogen and oxygen atoms in total. The van der Waals surface area contributed by atoms with Crippen LogP contribution in [0.5, 0.6) is 0 Å². The predicted molar refractivity (Wildman–Crippen MR) is 126 cm³/mol. The van der Waals surface area contributed by atoms with Gasteiger partial charge in [-0.25, -0.2) is 0 Å². The van der Waals surface area contributed by atoms with E-state index in [1.807, 2.05) is 30.0 Å². The summed E-state index contributed by atoms with van der Waals surface area (Å²) in [7, 11) is 0. The summed E-state index contributed by atoms with van der Waals surface area (Å²) in [6.45, 7) is 5.21. The zero-order valence-electron chi connectivity index (χ0n) is 18.1. The van der Waals surface area contributed by atoms with Crippen LogP contribution in [0, 0.1) is 5.92 Å². The number of aromatic nitrogens is 2. The molecule has 0 spiro atoms. The Labute approximate surface area is 198 Å². The fraction of sp³-hybridized carbons (Fsp3) is 0.478. The van der Waals surface area contributed by atoms with E-state index in [1.54, 1.807) is 17.0 Å². The van der Waals surface area contributed by atoms with Crippen molar-refractivity contribution < 1.29 is 9.59 Å². The highest BCUT2D eigenvalue weighted by atomic mass is 35.5. The zero-order valence-corrected chi connectivity index (χ0v) is 19.6. The summed E-state index contributed by atoms with van der Waals surface area (Å²) in [4.78, 5) is 30.9. The maximum atomic E-state index is 12.8. The molecule has 1 saturated heterocycles. The molecule has 1 aliphatic heterocycles. The van der Waals surface area contributed by atoms with Gasteiger partial charge in [-0.2, -0.15) is 0 Å². The van der Waals surface area contributed by atoms with Gasteiger partial charge in [0.15, 0.2) is 5.82 Å². The van der Waals surface area contributed by atoms with E-state index >= 15 is 0 Å². The van der Waals surface area contributed by atoms with Crippen LogP contribution in [0.25, 0.3) is 11.3 Å². The topological polar surface area (TPSA) is 69.6 Å². The standard InChI is InChI=1S/C23H27Cl2N5O2/c1-2-28(23(32)16-4-3-5-16)15-22(31)30-12-10-29(11-13-30)21-9-8-20(26-27-21)18-7-6-17(24)14-19(18)25/h6-9,14,16H,2-5,10-13,15H2,1H3. The normalized spacial score (nSPS) is 16.6. The molecule has 2 aliphatic rings. The Morgan fingerprint density at radius 1 is 1.06 bits per heavy atom. The van der Waals surface area contributed by atoms with Crippen LogP contribution in [0.2, 0.25) is 10.0 Å². The number of carbonyl (C=O) groups is 2. The minimum Gasteiger partial charge on any atom is -0.352 e. The smallest absolute Gasteiger partial charge is 0.242 e. The zero-order chi connectivity index (χ0) is 22.7. The van der Waals surface area contributed by atoms with Crippen molar-refractivity contribution in [2.75, 3.05) is 44.2 Å². The van der Waals surface area contributed by atoms with Gasteiger partial charge in [0.05, 0.1) is 17.3 Å². The first-order valence-electron chi connectivity index (χ1n) is 11.1. The highest BCUT2D eigenvalue weighted by molar-refractivity contribution is 6.36. The van der Waals surface area contributed by atoms with Crippen molar-refractivity contribution in [3.63, 3.8) is 0 Å². The Kier molecular flexibility index (Phi) is 7.16. The van der Waals surface area contributed by atoms with Crippen LogP contribution in [-0.2, 0) is 9.59 Å². The Bertz CT molecular complexity index is 973. The van der Waals surface area contributed by atoms with Gasteiger partial charge in [-0.1, -0.05) is 29.6 Å². The average molecular weight is 476 g/mol. The Morgan fingerprint density at radius 2 is 1.81 bits per heavy atom. The van der Waals surface area contributed by atoms with Crippen LogP contribution in [-0.4, -0.2) is 71.1 Å². The first-order valence-corrected chi connectivity index (χ1v) is 11.8. The quantitative estimate of drug-likeness (QED) is 0.636. The molecule has 32 heavy (non-hydrogen) atoms.